The van der Waals surface area contributed by atoms with Gasteiger partial charge in [0.05, 0.1) is 0 Å². The van der Waals surface area contributed by atoms with Gasteiger partial charge in [0.25, 0.3) is 0 Å². The van der Waals surface area contributed by atoms with Gasteiger partial charge in [0, 0.05) is 6.54 Å². The minimum absolute atomic E-state index is 0.974. The van der Waals surface area contributed by atoms with Crippen LogP contribution in [0.25, 0.3) is 0 Å². The fourth-order valence-corrected chi connectivity index (χ4v) is 4.48. The predicted molar refractivity (Wildman–Crippen MR) is 117 cm³/mol. The Morgan fingerprint density at radius 2 is 1.54 bits per heavy atom. The highest BCUT2D eigenvalue weighted by molar-refractivity contribution is 5.31. The summed E-state index contributed by atoms with van der Waals surface area (Å²) < 4.78 is 0. The molecule has 0 heterocycles. The van der Waals surface area contributed by atoms with Gasteiger partial charge in [-0.3, -0.25) is 0 Å². The van der Waals surface area contributed by atoms with Crippen molar-refractivity contribution in [2.75, 3.05) is 13.1 Å². The summed E-state index contributed by atoms with van der Waals surface area (Å²) in [5.41, 5.74) is 4.41. The summed E-state index contributed by atoms with van der Waals surface area (Å²) in [7, 11) is 0. The largest absolute Gasteiger partial charge is 0.313 e. The second-order valence-corrected chi connectivity index (χ2v) is 8.63. The molecule has 0 unspecified atom stereocenters. The van der Waals surface area contributed by atoms with Crippen molar-refractivity contribution in [1.82, 2.24) is 5.32 Å². The van der Waals surface area contributed by atoms with Crippen molar-refractivity contribution in [2.45, 2.75) is 97.3 Å². The Morgan fingerprint density at radius 3 is 2.15 bits per heavy atom. The highest BCUT2D eigenvalue weighted by atomic mass is 14.8. The molecular formula is C25H43N. The van der Waals surface area contributed by atoms with Crippen LogP contribution >= 0.6 is 0 Å². The third-order valence-corrected chi connectivity index (χ3v) is 6.70. The maximum Gasteiger partial charge on any atom is 0.0205 e. The topological polar surface area (TPSA) is 12.0 Å². The van der Waals surface area contributed by atoms with E-state index in [1.165, 1.54) is 88.3 Å². The molecule has 2 rings (SSSR count). The summed E-state index contributed by atoms with van der Waals surface area (Å²) in [4.78, 5) is 0. The van der Waals surface area contributed by atoms with E-state index >= 15 is 0 Å². The van der Waals surface area contributed by atoms with Crippen LogP contribution in [0.4, 0.5) is 0 Å². The average molecular weight is 358 g/mol. The van der Waals surface area contributed by atoms with Gasteiger partial charge in [0.2, 0.25) is 0 Å². The van der Waals surface area contributed by atoms with Crippen molar-refractivity contribution in [2.24, 2.45) is 11.8 Å². The fraction of sp³-hybridized carbons (Fsp3) is 0.760. The molecule has 0 amide bonds. The standard InChI is InChI=1S/C25H43N/c1-4-24(5-2)25(17-15-21(3)14-16-22-12-9-13-22)20-26-19-18-23-10-7-6-8-11-23/h15,17,22-23,26H,3-14,16,18-20H2,1-2H3/b17-15-. The highest BCUT2D eigenvalue weighted by Crippen LogP contribution is 2.31. The molecule has 26 heavy (non-hydrogen) atoms. The summed E-state index contributed by atoms with van der Waals surface area (Å²) in [5.74, 6) is 1.96. The van der Waals surface area contributed by atoms with Crippen molar-refractivity contribution in [3.05, 3.63) is 35.5 Å². The second kappa shape index (κ2) is 12.5. The van der Waals surface area contributed by atoms with Crippen LogP contribution in [0.5, 0.6) is 0 Å². The van der Waals surface area contributed by atoms with Crippen LogP contribution in [0, 0.1) is 11.8 Å². The number of allylic oxidation sites excluding steroid dienone is 3. The molecule has 0 aliphatic heterocycles. The van der Waals surface area contributed by atoms with Gasteiger partial charge in [-0.1, -0.05) is 95.1 Å². The molecule has 0 atom stereocenters. The minimum Gasteiger partial charge on any atom is -0.313 e. The first-order valence-corrected chi connectivity index (χ1v) is 11.5. The quantitative estimate of drug-likeness (QED) is 0.284. The van der Waals surface area contributed by atoms with E-state index in [2.05, 4.69) is 37.9 Å². The first-order valence-electron chi connectivity index (χ1n) is 11.5. The van der Waals surface area contributed by atoms with Crippen LogP contribution in [0.1, 0.15) is 97.3 Å². The van der Waals surface area contributed by atoms with Crippen molar-refractivity contribution in [3.63, 3.8) is 0 Å². The number of hydrogen-bond acceptors (Lipinski definition) is 1. The zero-order chi connectivity index (χ0) is 18.6. The molecule has 2 saturated carbocycles. The minimum atomic E-state index is 0.974. The zero-order valence-electron chi connectivity index (χ0n) is 17.6. The monoisotopic (exact) mass is 357 g/mol. The Bertz CT molecular complexity index is 455. The number of hydrogen-bond donors (Lipinski definition) is 1. The lowest BCUT2D eigenvalue weighted by Crippen LogP contribution is -2.22. The summed E-state index contributed by atoms with van der Waals surface area (Å²) in [6.45, 7) is 11.1. The van der Waals surface area contributed by atoms with Crippen molar-refractivity contribution in [3.8, 4) is 0 Å². The Balaban J connectivity index is 1.75. The van der Waals surface area contributed by atoms with Gasteiger partial charge >= 0.3 is 0 Å². The third kappa shape index (κ3) is 7.82. The van der Waals surface area contributed by atoms with Crippen molar-refractivity contribution >= 4 is 0 Å². The molecule has 2 fully saturated rings. The molecule has 0 radical (unpaired) electrons. The maximum absolute atomic E-state index is 4.30. The van der Waals surface area contributed by atoms with Crippen LogP contribution < -0.4 is 5.32 Å². The molecule has 0 bridgehead atoms. The van der Waals surface area contributed by atoms with E-state index in [1.807, 2.05) is 0 Å². The predicted octanol–water partition coefficient (Wildman–Crippen LogP) is 7.36. The van der Waals surface area contributed by atoms with Crippen LogP contribution in [-0.4, -0.2) is 13.1 Å². The molecule has 148 valence electrons. The van der Waals surface area contributed by atoms with E-state index in [9.17, 15) is 0 Å². The maximum atomic E-state index is 4.30. The Hall–Kier alpha value is -0.820. The molecule has 0 spiro atoms. The van der Waals surface area contributed by atoms with Gasteiger partial charge in [-0.25, -0.2) is 0 Å². The highest BCUT2D eigenvalue weighted by Gasteiger charge is 2.16. The summed E-state index contributed by atoms with van der Waals surface area (Å²) >= 11 is 0. The molecule has 2 aliphatic rings. The molecule has 0 aromatic rings. The van der Waals surface area contributed by atoms with Gasteiger partial charge in [0.1, 0.15) is 0 Å². The third-order valence-electron chi connectivity index (χ3n) is 6.70. The first-order chi connectivity index (χ1) is 12.7. The molecule has 0 aromatic carbocycles. The Kier molecular flexibility index (Phi) is 10.4. The Morgan fingerprint density at radius 1 is 0.885 bits per heavy atom. The number of rotatable bonds is 12. The lowest BCUT2D eigenvalue weighted by molar-refractivity contribution is 0.297. The van der Waals surface area contributed by atoms with E-state index in [0.717, 1.165) is 31.2 Å². The summed E-state index contributed by atoms with van der Waals surface area (Å²) in [6, 6.07) is 0. The molecule has 0 saturated heterocycles. The molecular weight excluding hydrogens is 314 g/mol. The van der Waals surface area contributed by atoms with Crippen molar-refractivity contribution < 1.29 is 0 Å². The Labute approximate surface area is 163 Å². The second-order valence-electron chi connectivity index (χ2n) is 8.63. The molecule has 2 aliphatic carbocycles. The van der Waals surface area contributed by atoms with Gasteiger partial charge in [0.15, 0.2) is 0 Å². The zero-order valence-corrected chi connectivity index (χ0v) is 17.6. The average Bonchev–Trinajstić information content (AvgIpc) is 2.63. The summed E-state index contributed by atoms with van der Waals surface area (Å²) in [6.07, 6.45) is 22.5. The smallest absolute Gasteiger partial charge is 0.0205 e. The van der Waals surface area contributed by atoms with E-state index in [4.69, 9.17) is 0 Å². The number of nitrogens with one attached hydrogen (secondary N) is 1. The van der Waals surface area contributed by atoms with E-state index < -0.39 is 0 Å². The first kappa shape index (κ1) is 21.5. The molecule has 1 heteroatoms. The fourth-order valence-electron chi connectivity index (χ4n) is 4.48. The normalized spacial score (nSPS) is 18.8. The van der Waals surface area contributed by atoms with Gasteiger partial charge in [-0.2, -0.15) is 0 Å². The van der Waals surface area contributed by atoms with Crippen LogP contribution in [0.3, 0.4) is 0 Å². The summed E-state index contributed by atoms with van der Waals surface area (Å²) in [5, 5.41) is 3.74. The lowest BCUT2D eigenvalue weighted by atomic mass is 9.81. The van der Waals surface area contributed by atoms with E-state index in [1.54, 1.807) is 5.57 Å². The van der Waals surface area contributed by atoms with Crippen molar-refractivity contribution in [1.29, 1.82) is 0 Å². The van der Waals surface area contributed by atoms with Gasteiger partial charge in [-0.05, 0) is 56.1 Å². The van der Waals surface area contributed by atoms with Gasteiger partial charge in [-0.15, -0.1) is 0 Å². The van der Waals surface area contributed by atoms with E-state index in [-0.39, 0.29) is 0 Å². The van der Waals surface area contributed by atoms with E-state index in [0.29, 0.717) is 0 Å². The molecule has 1 N–H and O–H groups in total. The van der Waals surface area contributed by atoms with Gasteiger partial charge < -0.3 is 5.32 Å². The van der Waals surface area contributed by atoms with Crippen LogP contribution in [-0.2, 0) is 0 Å². The SMILES string of the molecule is C=C(/C=C\C(CNCCC1CCCCC1)=C(CC)CC)CCC1CCC1. The lowest BCUT2D eigenvalue weighted by Gasteiger charge is -2.25. The van der Waals surface area contributed by atoms with Crippen LogP contribution in [0.2, 0.25) is 0 Å². The molecule has 0 aromatic heterocycles. The molecule has 1 nitrogen and oxygen atoms in total. The van der Waals surface area contributed by atoms with Crippen LogP contribution in [0.15, 0.2) is 35.5 Å².